The SMILES string of the molecule is Cc1ccc(S(=O)(=O)OC2C[C@@]2(C)C[C@H](C(=O)O)c2cccc(F)c2)cc1. The Bertz CT molecular complexity index is 955. The van der Waals surface area contributed by atoms with E-state index in [0.29, 0.717) is 12.0 Å². The number of carboxylic acids is 1. The molecule has 144 valence electrons. The van der Waals surface area contributed by atoms with Gasteiger partial charge in [0.2, 0.25) is 0 Å². The van der Waals surface area contributed by atoms with Crippen LogP contribution in [-0.2, 0) is 19.1 Å². The van der Waals surface area contributed by atoms with Crippen molar-refractivity contribution >= 4 is 16.1 Å². The van der Waals surface area contributed by atoms with E-state index in [4.69, 9.17) is 4.18 Å². The average Bonchev–Trinajstić information content (AvgIpc) is 3.21. The molecule has 0 bridgehead atoms. The minimum atomic E-state index is -3.92. The number of aryl methyl sites for hydroxylation is 1. The molecule has 3 rings (SSSR count). The lowest BCUT2D eigenvalue weighted by molar-refractivity contribution is -0.139. The summed E-state index contributed by atoms with van der Waals surface area (Å²) in [7, 11) is -3.92. The van der Waals surface area contributed by atoms with E-state index < -0.39 is 39.3 Å². The van der Waals surface area contributed by atoms with E-state index in [1.54, 1.807) is 25.1 Å². The van der Waals surface area contributed by atoms with Crippen molar-refractivity contribution < 1.29 is 26.9 Å². The molecule has 1 N–H and O–H groups in total. The molecule has 1 unspecified atom stereocenters. The Hall–Kier alpha value is -2.25. The molecular weight excluding hydrogens is 371 g/mol. The topological polar surface area (TPSA) is 80.7 Å². The largest absolute Gasteiger partial charge is 0.481 e. The zero-order chi connectivity index (χ0) is 19.8. The molecular formula is C20H21FO5S. The quantitative estimate of drug-likeness (QED) is 0.724. The summed E-state index contributed by atoms with van der Waals surface area (Å²) in [5.74, 6) is -2.51. The molecule has 0 saturated heterocycles. The Labute approximate surface area is 157 Å². The summed E-state index contributed by atoms with van der Waals surface area (Å²) >= 11 is 0. The average molecular weight is 392 g/mol. The second-order valence-electron chi connectivity index (χ2n) is 7.36. The predicted octanol–water partition coefficient (Wildman–Crippen LogP) is 3.88. The highest BCUT2D eigenvalue weighted by atomic mass is 32.2. The molecule has 2 aromatic rings. The van der Waals surface area contributed by atoms with Gasteiger partial charge in [-0.2, -0.15) is 8.42 Å². The minimum Gasteiger partial charge on any atom is -0.481 e. The van der Waals surface area contributed by atoms with Crippen LogP contribution in [0.5, 0.6) is 0 Å². The summed E-state index contributed by atoms with van der Waals surface area (Å²) in [5, 5.41) is 9.55. The van der Waals surface area contributed by atoms with Gasteiger partial charge in [0.05, 0.1) is 16.9 Å². The first-order valence-electron chi connectivity index (χ1n) is 8.59. The van der Waals surface area contributed by atoms with Gasteiger partial charge in [0.1, 0.15) is 5.82 Å². The van der Waals surface area contributed by atoms with E-state index in [9.17, 15) is 22.7 Å². The maximum atomic E-state index is 13.5. The van der Waals surface area contributed by atoms with E-state index in [1.165, 1.54) is 30.3 Å². The third-order valence-corrected chi connectivity index (χ3v) is 6.38. The van der Waals surface area contributed by atoms with Crippen LogP contribution in [-0.4, -0.2) is 25.6 Å². The number of rotatable bonds is 7. The smallest absolute Gasteiger partial charge is 0.310 e. The van der Waals surface area contributed by atoms with Crippen LogP contribution in [0.3, 0.4) is 0 Å². The number of hydrogen-bond acceptors (Lipinski definition) is 4. The standard InChI is InChI=1S/C20H21FO5S/c1-13-6-8-16(9-7-13)27(24,25)26-18-12-20(18,2)11-17(19(22)23)14-4-3-5-15(21)10-14/h3-10,17-18H,11-12H2,1-2H3,(H,22,23)/t17-,18?,20+/m0/s1. The Morgan fingerprint density at radius 3 is 2.56 bits per heavy atom. The number of carboxylic acid groups (broad SMARTS) is 1. The predicted molar refractivity (Wildman–Crippen MR) is 97.4 cm³/mol. The Balaban J connectivity index is 1.73. The van der Waals surface area contributed by atoms with Crippen LogP contribution in [0.1, 0.15) is 36.8 Å². The van der Waals surface area contributed by atoms with Crippen LogP contribution in [0.4, 0.5) is 4.39 Å². The van der Waals surface area contributed by atoms with E-state index in [-0.39, 0.29) is 11.3 Å². The maximum absolute atomic E-state index is 13.5. The Morgan fingerprint density at radius 2 is 1.96 bits per heavy atom. The van der Waals surface area contributed by atoms with Gasteiger partial charge in [-0.1, -0.05) is 36.8 Å². The van der Waals surface area contributed by atoms with Gasteiger partial charge in [0.15, 0.2) is 0 Å². The van der Waals surface area contributed by atoms with E-state index in [0.717, 1.165) is 5.56 Å². The number of halogens is 1. The molecule has 1 aliphatic carbocycles. The van der Waals surface area contributed by atoms with Crippen molar-refractivity contribution in [1.82, 2.24) is 0 Å². The molecule has 0 spiro atoms. The van der Waals surface area contributed by atoms with Gasteiger partial charge >= 0.3 is 5.97 Å². The molecule has 3 atom stereocenters. The molecule has 5 nitrogen and oxygen atoms in total. The van der Waals surface area contributed by atoms with E-state index in [2.05, 4.69) is 0 Å². The van der Waals surface area contributed by atoms with Crippen LogP contribution in [0, 0.1) is 18.2 Å². The monoisotopic (exact) mass is 392 g/mol. The second kappa shape index (κ2) is 7.05. The van der Waals surface area contributed by atoms with Crippen molar-refractivity contribution in [1.29, 1.82) is 0 Å². The summed E-state index contributed by atoms with van der Waals surface area (Å²) in [6.07, 6.45) is -0.00365. The molecule has 0 heterocycles. The van der Waals surface area contributed by atoms with Gasteiger partial charge in [-0.05, 0) is 55.0 Å². The fraction of sp³-hybridized carbons (Fsp3) is 0.350. The normalized spacial score (nSPS) is 23.0. The fourth-order valence-corrected chi connectivity index (χ4v) is 4.37. The Kier molecular flexibility index (Phi) is 5.10. The van der Waals surface area contributed by atoms with Gasteiger partial charge in [-0.25, -0.2) is 4.39 Å². The highest BCUT2D eigenvalue weighted by Crippen LogP contribution is 2.54. The lowest BCUT2D eigenvalue weighted by Gasteiger charge is -2.18. The van der Waals surface area contributed by atoms with Crippen molar-refractivity contribution in [3.63, 3.8) is 0 Å². The van der Waals surface area contributed by atoms with Crippen LogP contribution in [0.15, 0.2) is 53.4 Å². The van der Waals surface area contributed by atoms with Gasteiger partial charge in [0.25, 0.3) is 10.1 Å². The minimum absolute atomic E-state index is 0.0715. The highest BCUT2D eigenvalue weighted by Gasteiger charge is 2.55. The molecule has 0 aromatic heterocycles. The maximum Gasteiger partial charge on any atom is 0.310 e. The van der Waals surface area contributed by atoms with E-state index in [1.807, 2.05) is 6.92 Å². The lowest BCUT2D eigenvalue weighted by atomic mass is 9.87. The Morgan fingerprint density at radius 1 is 1.30 bits per heavy atom. The molecule has 0 aliphatic heterocycles. The molecule has 1 saturated carbocycles. The van der Waals surface area contributed by atoms with Gasteiger partial charge in [-0.3, -0.25) is 8.98 Å². The van der Waals surface area contributed by atoms with E-state index >= 15 is 0 Å². The van der Waals surface area contributed by atoms with Crippen molar-refractivity contribution in [2.45, 2.75) is 43.6 Å². The first-order chi connectivity index (χ1) is 12.6. The zero-order valence-electron chi connectivity index (χ0n) is 15.1. The summed E-state index contributed by atoms with van der Waals surface area (Å²) in [6.45, 7) is 3.64. The third kappa shape index (κ3) is 4.36. The molecule has 0 amide bonds. The molecule has 7 heteroatoms. The number of hydrogen-bond donors (Lipinski definition) is 1. The van der Waals surface area contributed by atoms with Crippen LogP contribution in [0.25, 0.3) is 0 Å². The van der Waals surface area contributed by atoms with Crippen molar-refractivity contribution in [2.75, 3.05) is 0 Å². The molecule has 1 aliphatic rings. The summed E-state index contributed by atoms with van der Waals surface area (Å²) in [6, 6.07) is 11.8. The van der Waals surface area contributed by atoms with Crippen molar-refractivity contribution in [3.05, 3.63) is 65.5 Å². The lowest BCUT2D eigenvalue weighted by Crippen LogP contribution is -2.19. The number of benzene rings is 2. The highest BCUT2D eigenvalue weighted by molar-refractivity contribution is 7.86. The van der Waals surface area contributed by atoms with Crippen molar-refractivity contribution in [2.24, 2.45) is 5.41 Å². The fourth-order valence-electron chi connectivity index (χ4n) is 3.18. The first kappa shape index (κ1) is 19.5. The second-order valence-corrected chi connectivity index (χ2v) is 8.93. The number of carbonyl (C=O) groups is 1. The van der Waals surface area contributed by atoms with Gasteiger partial charge in [-0.15, -0.1) is 0 Å². The van der Waals surface area contributed by atoms with Crippen molar-refractivity contribution in [3.8, 4) is 0 Å². The number of aliphatic carboxylic acids is 1. The molecule has 2 aromatic carbocycles. The molecule has 27 heavy (non-hydrogen) atoms. The van der Waals surface area contributed by atoms with Crippen LogP contribution < -0.4 is 0 Å². The van der Waals surface area contributed by atoms with Gasteiger partial charge in [0, 0.05) is 0 Å². The zero-order valence-corrected chi connectivity index (χ0v) is 15.9. The van der Waals surface area contributed by atoms with Crippen LogP contribution >= 0.6 is 0 Å². The summed E-state index contributed by atoms with van der Waals surface area (Å²) in [5.41, 5.74) is 0.688. The molecule has 1 fully saturated rings. The van der Waals surface area contributed by atoms with Gasteiger partial charge < -0.3 is 5.11 Å². The van der Waals surface area contributed by atoms with Crippen LogP contribution in [0.2, 0.25) is 0 Å². The first-order valence-corrected chi connectivity index (χ1v) is 10.00. The molecule has 0 radical (unpaired) electrons. The summed E-state index contributed by atoms with van der Waals surface area (Å²) < 4.78 is 43.6. The third-order valence-electron chi connectivity index (χ3n) is 5.04. The summed E-state index contributed by atoms with van der Waals surface area (Å²) in [4.78, 5) is 11.8.